The molecule has 4 rings (SSSR count). The maximum Gasteiger partial charge on any atom is 0.416 e. The Morgan fingerprint density at radius 3 is 2.54 bits per heavy atom. The largest absolute Gasteiger partial charge is 0.481 e. The number of hydrogen-bond donors (Lipinski definition) is 2. The highest BCUT2D eigenvalue weighted by molar-refractivity contribution is 6.31. The molecular weight excluding hydrogens is 507 g/mol. The zero-order valence-electron chi connectivity index (χ0n) is 21.1. The van der Waals surface area contributed by atoms with E-state index in [1.807, 2.05) is 0 Å². The molecule has 0 saturated carbocycles. The van der Waals surface area contributed by atoms with Crippen molar-refractivity contribution in [1.29, 1.82) is 0 Å². The standard InChI is InChI=1S/C27H35ClF3N3O3/c1-18-14-34(16-21-22(27(29,30)31)7-4-8-23(21)28)17-26(18,13-24(35)36)25(37)32-20-9-11-33(12-10-20)15-19-5-2-3-6-19/h4-5,7-8,18,20H,2-3,6,9-17H2,1H3,(H,32,37)(H,35,36)/t18-,26+/m0/s1. The molecule has 37 heavy (non-hydrogen) atoms. The summed E-state index contributed by atoms with van der Waals surface area (Å²) in [4.78, 5) is 29.6. The third-order valence-electron chi connectivity index (χ3n) is 8.19. The summed E-state index contributed by atoms with van der Waals surface area (Å²) in [5, 5.41) is 12.8. The fraction of sp³-hybridized carbons (Fsp3) is 0.630. The van der Waals surface area contributed by atoms with E-state index in [0.717, 1.165) is 51.4 Å². The summed E-state index contributed by atoms with van der Waals surface area (Å²) in [6.07, 6.45) is 2.47. The van der Waals surface area contributed by atoms with Crippen molar-refractivity contribution in [2.24, 2.45) is 11.3 Å². The van der Waals surface area contributed by atoms with Crippen LogP contribution >= 0.6 is 11.6 Å². The first-order chi connectivity index (χ1) is 17.5. The molecule has 1 aromatic rings. The molecule has 0 bridgehead atoms. The minimum absolute atomic E-state index is 0.00258. The third kappa shape index (κ3) is 6.49. The van der Waals surface area contributed by atoms with Gasteiger partial charge in [-0.2, -0.15) is 13.2 Å². The quantitative estimate of drug-likeness (QED) is 0.455. The van der Waals surface area contributed by atoms with Crippen LogP contribution in [0.2, 0.25) is 5.02 Å². The maximum absolute atomic E-state index is 13.6. The fourth-order valence-electron chi connectivity index (χ4n) is 6.12. The van der Waals surface area contributed by atoms with E-state index < -0.39 is 23.1 Å². The van der Waals surface area contributed by atoms with Gasteiger partial charge in [0.05, 0.1) is 17.4 Å². The van der Waals surface area contributed by atoms with Crippen LogP contribution in [0.3, 0.4) is 0 Å². The number of carboxylic acids is 1. The van der Waals surface area contributed by atoms with E-state index in [1.165, 1.54) is 24.1 Å². The van der Waals surface area contributed by atoms with Crippen LogP contribution in [0.4, 0.5) is 13.2 Å². The first-order valence-electron chi connectivity index (χ1n) is 13.0. The van der Waals surface area contributed by atoms with Gasteiger partial charge >= 0.3 is 12.1 Å². The number of amides is 1. The SMILES string of the molecule is C[C@H]1CN(Cc2c(Cl)cccc2C(F)(F)F)C[C@@]1(CC(=O)O)C(=O)NC1CCN(CC2=CCCC2)CC1. The van der Waals surface area contributed by atoms with E-state index in [4.69, 9.17) is 11.6 Å². The number of rotatable bonds is 8. The average Bonchev–Trinajstić information content (AvgIpc) is 3.43. The normalized spacial score (nSPS) is 25.9. The lowest BCUT2D eigenvalue weighted by Crippen LogP contribution is -2.53. The van der Waals surface area contributed by atoms with Crippen LogP contribution < -0.4 is 5.32 Å². The number of alkyl halides is 3. The lowest BCUT2D eigenvalue weighted by atomic mass is 9.75. The summed E-state index contributed by atoms with van der Waals surface area (Å²) in [6.45, 7) is 4.75. The van der Waals surface area contributed by atoms with E-state index in [9.17, 15) is 27.9 Å². The highest BCUT2D eigenvalue weighted by Crippen LogP contribution is 2.42. The molecule has 6 nitrogen and oxygen atoms in total. The Bertz CT molecular complexity index is 1040. The van der Waals surface area contributed by atoms with Crippen molar-refractivity contribution in [3.63, 3.8) is 0 Å². The number of nitrogens with one attached hydrogen (secondary N) is 1. The molecule has 1 aromatic carbocycles. The molecular formula is C27H35ClF3N3O3. The molecule has 0 aromatic heterocycles. The number of carboxylic acid groups (broad SMARTS) is 1. The molecule has 2 fully saturated rings. The number of benzene rings is 1. The highest BCUT2D eigenvalue weighted by atomic mass is 35.5. The Balaban J connectivity index is 1.43. The average molecular weight is 542 g/mol. The molecule has 204 valence electrons. The number of halogens is 4. The molecule has 2 aliphatic heterocycles. The van der Waals surface area contributed by atoms with Gasteiger partial charge in [-0.1, -0.05) is 36.2 Å². The third-order valence-corrected chi connectivity index (χ3v) is 8.54. The van der Waals surface area contributed by atoms with Gasteiger partial charge in [0.1, 0.15) is 0 Å². The predicted octanol–water partition coefficient (Wildman–Crippen LogP) is 4.96. The Kier molecular flexibility index (Phi) is 8.55. The van der Waals surface area contributed by atoms with Crippen LogP contribution in [0.5, 0.6) is 0 Å². The lowest BCUT2D eigenvalue weighted by Gasteiger charge is -2.36. The molecule has 3 aliphatic rings. The van der Waals surface area contributed by atoms with Crippen molar-refractivity contribution in [2.75, 3.05) is 32.7 Å². The summed E-state index contributed by atoms with van der Waals surface area (Å²) < 4.78 is 40.8. The second kappa shape index (κ2) is 11.3. The lowest BCUT2D eigenvalue weighted by molar-refractivity contribution is -0.147. The van der Waals surface area contributed by atoms with Gasteiger partial charge in [0.2, 0.25) is 5.91 Å². The molecule has 1 amide bonds. The van der Waals surface area contributed by atoms with E-state index in [0.29, 0.717) is 6.54 Å². The number of nitrogens with zero attached hydrogens (tertiary/aromatic N) is 2. The van der Waals surface area contributed by atoms with Crippen molar-refractivity contribution in [2.45, 2.75) is 64.2 Å². The Labute approximate surface area is 220 Å². The first kappa shape index (κ1) is 27.9. The topological polar surface area (TPSA) is 72.9 Å². The van der Waals surface area contributed by atoms with Crippen molar-refractivity contribution in [3.8, 4) is 0 Å². The van der Waals surface area contributed by atoms with Gasteiger partial charge in [-0.25, -0.2) is 0 Å². The molecule has 10 heteroatoms. The number of allylic oxidation sites excluding steroid dienone is 1. The van der Waals surface area contributed by atoms with Gasteiger partial charge in [-0.3, -0.25) is 19.4 Å². The number of likely N-dealkylation sites (tertiary alicyclic amines) is 2. The summed E-state index contributed by atoms with van der Waals surface area (Å²) >= 11 is 6.15. The Morgan fingerprint density at radius 2 is 1.92 bits per heavy atom. The van der Waals surface area contributed by atoms with Crippen LogP contribution in [0.1, 0.15) is 56.6 Å². The summed E-state index contributed by atoms with van der Waals surface area (Å²) in [7, 11) is 0. The van der Waals surface area contributed by atoms with Crippen LogP contribution in [0.25, 0.3) is 0 Å². The smallest absolute Gasteiger partial charge is 0.416 e. The van der Waals surface area contributed by atoms with E-state index >= 15 is 0 Å². The van der Waals surface area contributed by atoms with Gasteiger partial charge in [0.25, 0.3) is 0 Å². The monoisotopic (exact) mass is 541 g/mol. The molecule has 1 aliphatic carbocycles. The molecule has 2 N–H and O–H groups in total. The molecule has 2 atom stereocenters. The summed E-state index contributed by atoms with van der Waals surface area (Å²) in [5.41, 5.74) is -0.611. The second-order valence-electron chi connectivity index (χ2n) is 10.8. The van der Waals surface area contributed by atoms with E-state index in [2.05, 4.69) is 16.3 Å². The van der Waals surface area contributed by atoms with Gasteiger partial charge in [0.15, 0.2) is 0 Å². The highest BCUT2D eigenvalue weighted by Gasteiger charge is 2.52. The van der Waals surface area contributed by atoms with Gasteiger partial charge in [0, 0.05) is 50.3 Å². The van der Waals surface area contributed by atoms with Gasteiger partial charge in [-0.15, -0.1) is 0 Å². The summed E-state index contributed by atoms with van der Waals surface area (Å²) in [5.74, 6) is -1.77. The Morgan fingerprint density at radius 1 is 1.19 bits per heavy atom. The van der Waals surface area contributed by atoms with Crippen molar-refractivity contribution in [3.05, 3.63) is 46.0 Å². The first-order valence-corrected chi connectivity index (χ1v) is 13.4. The summed E-state index contributed by atoms with van der Waals surface area (Å²) in [6, 6.07) is 3.62. The zero-order chi connectivity index (χ0) is 26.8. The zero-order valence-corrected chi connectivity index (χ0v) is 21.9. The van der Waals surface area contributed by atoms with Crippen molar-refractivity contribution >= 4 is 23.5 Å². The predicted molar refractivity (Wildman–Crippen MR) is 135 cm³/mol. The van der Waals surface area contributed by atoms with Gasteiger partial charge < -0.3 is 10.4 Å². The van der Waals surface area contributed by atoms with Crippen LogP contribution in [0.15, 0.2) is 29.8 Å². The fourth-order valence-corrected chi connectivity index (χ4v) is 6.35. The van der Waals surface area contributed by atoms with Crippen molar-refractivity contribution < 1.29 is 27.9 Å². The van der Waals surface area contributed by atoms with Crippen LogP contribution in [-0.2, 0) is 22.3 Å². The minimum Gasteiger partial charge on any atom is -0.481 e. The van der Waals surface area contributed by atoms with Gasteiger partial charge in [-0.05, 0) is 55.7 Å². The van der Waals surface area contributed by atoms with Crippen LogP contribution in [-0.4, -0.2) is 65.5 Å². The number of hydrogen-bond acceptors (Lipinski definition) is 4. The minimum atomic E-state index is -4.57. The van der Waals surface area contributed by atoms with Crippen LogP contribution in [0, 0.1) is 11.3 Å². The molecule has 0 unspecified atom stereocenters. The van der Waals surface area contributed by atoms with E-state index in [-0.39, 0.29) is 48.0 Å². The number of aliphatic carboxylic acids is 1. The molecule has 0 radical (unpaired) electrons. The molecule has 0 spiro atoms. The van der Waals surface area contributed by atoms with Crippen molar-refractivity contribution in [1.82, 2.24) is 15.1 Å². The maximum atomic E-state index is 13.6. The Hall–Kier alpha value is -2.10. The number of carbonyl (C=O) groups excluding carboxylic acids is 1. The molecule has 2 saturated heterocycles. The number of carbonyl (C=O) groups is 2. The number of piperidine rings is 1. The molecule has 2 heterocycles. The van der Waals surface area contributed by atoms with E-state index in [1.54, 1.807) is 11.8 Å². The second-order valence-corrected chi connectivity index (χ2v) is 11.2.